The smallest absolute Gasteiger partial charge is 0.236 e. The fourth-order valence-corrected chi connectivity index (χ4v) is 2.88. The highest BCUT2D eigenvalue weighted by Gasteiger charge is 2.39. The van der Waals surface area contributed by atoms with E-state index in [-0.39, 0.29) is 12.1 Å². The fourth-order valence-electron chi connectivity index (χ4n) is 2.88. The number of aromatic nitrogens is 1. The van der Waals surface area contributed by atoms with Crippen molar-refractivity contribution in [3.05, 3.63) is 65.0 Å². The number of aryl methyl sites for hydroxylation is 1. The summed E-state index contributed by atoms with van der Waals surface area (Å²) in [5.41, 5.74) is 4.49. The number of ether oxygens (including phenoxy) is 1. The highest BCUT2D eigenvalue weighted by molar-refractivity contribution is 5.93. The van der Waals surface area contributed by atoms with Gasteiger partial charge in [-0.1, -0.05) is 30.3 Å². The van der Waals surface area contributed by atoms with E-state index in [2.05, 4.69) is 29.2 Å². The highest BCUT2D eigenvalue weighted by atomic mass is 16.5. The molecule has 3 nitrogen and oxygen atoms in total. The average molecular weight is 250 g/mol. The molecule has 0 amide bonds. The Bertz CT molecular complexity index is 678. The minimum Gasteiger partial charge on any atom is -0.470 e. The molecular formula is C16H14N2O. The van der Waals surface area contributed by atoms with Crippen LogP contribution in [0.1, 0.15) is 28.6 Å². The predicted molar refractivity (Wildman–Crippen MR) is 73.3 cm³/mol. The lowest BCUT2D eigenvalue weighted by Gasteiger charge is -2.08. The van der Waals surface area contributed by atoms with Gasteiger partial charge in [0.05, 0.1) is 0 Å². The van der Waals surface area contributed by atoms with Gasteiger partial charge < -0.3 is 4.74 Å². The van der Waals surface area contributed by atoms with Crippen LogP contribution in [0.3, 0.4) is 0 Å². The van der Waals surface area contributed by atoms with Crippen molar-refractivity contribution in [3.8, 4) is 0 Å². The molecule has 1 aromatic carbocycles. The first-order chi connectivity index (χ1) is 9.31. The van der Waals surface area contributed by atoms with Gasteiger partial charge in [-0.05, 0) is 30.2 Å². The van der Waals surface area contributed by atoms with Gasteiger partial charge in [-0.2, -0.15) is 0 Å². The Balaban J connectivity index is 1.73. The van der Waals surface area contributed by atoms with Gasteiger partial charge >= 0.3 is 0 Å². The molecule has 3 heteroatoms. The molecule has 2 unspecified atom stereocenters. The summed E-state index contributed by atoms with van der Waals surface area (Å²) in [6.45, 7) is 1.98. The summed E-state index contributed by atoms with van der Waals surface area (Å²) in [6.07, 6.45) is 1.09. The maximum atomic E-state index is 6.00. The first kappa shape index (κ1) is 10.7. The zero-order valence-corrected chi connectivity index (χ0v) is 10.7. The first-order valence-corrected chi connectivity index (χ1v) is 6.57. The summed E-state index contributed by atoms with van der Waals surface area (Å²) in [7, 11) is 0. The zero-order chi connectivity index (χ0) is 12.8. The standard InChI is InChI=1S/C16H14N2O/c1-10-5-4-8-13(17-10)16-18-15-12-7-3-2-6-11(12)9-14(15)19-16/h2-8,14-15H,9H2,1H3. The number of pyridine rings is 1. The number of aliphatic imine (C=N–C) groups is 1. The van der Waals surface area contributed by atoms with Crippen molar-refractivity contribution in [2.75, 3.05) is 0 Å². The van der Waals surface area contributed by atoms with Gasteiger partial charge in [0.1, 0.15) is 17.8 Å². The van der Waals surface area contributed by atoms with Crippen LogP contribution in [-0.4, -0.2) is 17.0 Å². The van der Waals surface area contributed by atoms with Crippen molar-refractivity contribution < 1.29 is 4.74 Å². The molecule has 1 aliphatic carbocycles. The SMILES string of the molecule is Cc1cccc(C2=NC3c4ccccc4CC3O2)n1. The van der Waals surface area contributed by atoms with Crippen molar-refractivity contribution in [1.29, 1.82) is 0 Å². The number of benzene rings is 1. The van der Waals surface area contributed by atoms with Crippen molar-refractivity contribution in [2.24, 2.45) is 4.99 Å². The van der Waals surface area contributed by atoms with Crippen LogP contribution >= 0.6 is 0 Å². The molecule has 2 heterocycles. The van der Waals surface area contributed by atoms with Crippen LogP contribution in [0.15, 0.2) is 47.5 Å². The molecule has 4 rings (SSSR count). The Kier molecular flexibility index (Phi) is 2.21. The summed E-state index contributed by atoms with van der Waals surface area (Å²) in [5, 5.41) is 0. The highest BCUT2D eigenvalue weighted by Crippen LogP contribution is 2.40. The molecule has 94 valence electrons. The second kappa shape index (κ2) is 3.92. The van der Waals surface area contributed by atoms with E-state index >= 15 is 0 Å². The monoisotopic (exact) mass is 250 g/mol. The van der Waals surface area contributed by atoms with E-state index in [9.17, 15) is 0 Å². The van der Waals surface area contributed by atoms with Crippen LogP contribution in [0.2, 0.25) is 0 Å². The van der Waals surface area contributed by atoms with Crippen molar-refractivity contribution in [3.63, 3.8) is 0 Å². The Morgan fingerprint density at radius 1 is 1.11 bits per heavy atom. The normalized spacial score (nSPS) is 23.5. The maximum absolute atomic E-state index is 6.00. The molecule has 0 bridgehead atoms. The summed E-state index contributed by atoms with van der Waals surface area (Å²) >= 11 is 0. The van der Waals surface area contributed by atoms with Crippen LogP contribution in [0.5, 0.6) is 0 Å². The summed E-state index contributed by atoms with van der Waals surface area (Å²) in [5.74, 6) is 0.688. The number of rotatable bonds is 1. The van der Waals surface area contributed by atoms with Crippen LogP contribution in [0, 0.1) is 6.92 Å². The molecule has 2 aliphatic rings. The summed E-state index contributed by atoms with van der Waals surface area (Å²) < 4.78 is 6.00. The van der Waals surface area contributed by atoms with Gasteiger partial charge in [0.2, 0.25) is 5.90 Å². The van der Waals surface area contributed by atoms with Crippen LogP contribution < -0.4 is 0 Å². The molecule has 1 aromatic heterocycles. The Morgan fingerprint density at radius 3 is 2.89 bits per heavy atom. The third kappa shape index (κ3) is 1.65. The van der Waals surface area contributed by atoms with Crippen molar-refractivity contribution >= 4 is 5.90 Å². The predicted octanol–water partition coefficient (Wildman–Crippen LogP) is 2.83. The molecule has 2 atom stereocenters. The largest absolute Gasteiger partial charge is 0.470 e. The molecule has 0 saturated carbocycles. The van der Waals surface area contributed by atoms with Gasteiger partial charge in [0, 0.05) is 12.1 Å². The lowest BCUT2D eigenvalue weighted by Crippen LogP contribution is -2.14. The molecule has 0 fully saturated rings. The minimum atomic E-state index is 0.147. The van der Waals surface area contributed by atoms with E-state index in [0.717, 1.165) is 17.8 Å². The minimum absolute atomic E-state index is 0.147. The van der Waals surface area contributed by atoms with Gasteiger partial charge in [0.15, 0.2) is 0 Å². The first-order valence-electron chi connectivity index (χ1n) is 6.57. The van der Waals surface area contributed by atoms with E-state index < -0.39 is 0 Å². The van der Waals surface area contributed by atoms with E-state index in [0.29, 0.717) is 5.90 Å². The lowest BCUT2D eigenvalue weighted by molar-refractivity contribution is 0.206. The third-order valence-electron chi connectivity index (χ3n) is 3.77. The molecule has 0 spiro atoms. The molecule has 2 aromatic rings. The van der Waals surface area contributed by atoms with Gasteiger partial charge in [-0.15, -0.1) is 0 Å². The second-order valence-electron chi connectivity index (χ2n) is 5.10. The van der Waals surface area contributed by atoms with Gasteiger partial charge in [-0.3, -0.25) is 0 Å². The van der Waals surface area contributed by atoms with E-state index in [4.69, 9.17) is 9.73 Å². The van der Waals surface area contributed by atoms with Crippen LogP contribution in [0.25, 0.3) is 0 Å². The van der Waals surface area contributed by atoms with Gasteiger partial charge in [-0.25, -0.2) is 9.98 Å². The molecule has 0 radical (unpaired) electrons. The number of hydrogen-bond acceptors (Lipinski definition) is 3. The molecule has 0 N–H and O–H groups in total. The number of hydrogen-bond donors (Lipinski definition) is 0. The van der Waals surface area contributed by atoms with E-state index in [1.54, 1.807) is 0 Å². The fraction of sp³-hybridized carbons (Fsp3) is 0.250. The van der Waals surface area contributed by atoms with Crippen LogP contribution in [0.4, 0.5) is 0 Å². The number of nitrogens with zero attached hydrogens (tertiary/aromatic N) is 2. The van der Waals surface area contributed by atoms with Crippen molar-refractivity contribution in [2.45, 2.75) is 25.5 Å². The molecular weight excluding hydrogens is 236 g/mol. The quantitative estimate of drug-likeness (QED) is 0.780. The Hall–Kier alpha value is -2.16. The summed E-state index contributed by atoms with van der Waals surface area (Å²) in [4.78, 5) is 9.22. The van der Waals surface area contributed by atoms with E-state index in [1.807, 2.05) is 25.1 Å². The molecule has 0 saturated heterocycles. The topological polar surface area (TPSA) is 34.5 Å². The zero-order valence-electron chi connectivity index (χ0n) is 10.7. The third-order valence-corrected chi connectivity index (χ3v) is 3.77. The maximum Gasteiger partial charge on any atom is 0.236 e. The second-order valence-corrected chi connectivity index (χ2v) is 5.10. The van der Waals surface area contributed by atoms with Crippen LogP contribution in [-0.2, 0) is 11.2 Å². The van der Waals surface area contributed by atoms with Gasteiger partial charge in [0.25, 0.3) is 0 Å². The molecule has 19 heavy (non-hydrogen) atoms. The molecule has 1 aliphatic heterocycles. The Morgan fingerprint density at radius 2 is 2.00 bits per heavy atom. The Labute approximate surface area is 112 Å². The summed E-state index contributed by atoms with van der Waals surface area (Å²) in [6, 6.07) is 14.5. The number of fused-ring (bicyclic) bond motifs is 3. The van der Waals surface area contributed by atoms with Crippen molar-refractivity contribution in [1.82, 2.24) is 4.98 Å². The van der Waals surface area contributed by atoms with E-state index in [1.165, 1.54) is 11.1 Å². The average Bonchev–Trinajstić information content (AvgIpc) is 2.96. The lowest BCUT2D eigenvalue weighted by atomic mass is 10.1.